The van der Waals surface area contributed by atoms with Gasteiger partial charge < -0.3 is 19.8 Å². The molecule has 6 nitrogen and oxygen atoms in total. The molecule has 0 bridgehead atoms. The number of hydrogen-bond acceptors (Lipinski definition) is 4. The lowest BCUT2D eigenvalue weighted by molar-refractivity contribution is -0.122. The van der Waals surface area contributed by atoms with Crippen LogP contribution in [-0.2, 0) is 22.7 Å². The van der Waals surface area contributed by atoms with Crippen LogP contribution >= 0.6 is 0 Å². The number of benzene rings is 1. The summed E-state index contributed by atoms with van der Waals surface area (Å²) in [5.74, 6) is -0.592. The lowest BCUT2D eigenvalue weighted by Gasteiger charge is -2.15. The number of nitrogens with one attached hydrogen (secondary N) is 2. The highest BCUT2D eigenvalue weighted by molar-refractivity contribution is 5.97. The van der Waals surface area contributed by atoms with E-state index >= 15 is 0 Å². The van der Waals surface area contributed by atoms with Crippen LogP contribution in [0.5, 0.6) is 0 Å². The maximum Gasteiger partial charge on any atom is 0.255 e. The molecule has 0 saturated carbocycles. The summed E-state index contributed by atoms with van der Waals surface area (Å²) in [5, 5.41) is 5.49. The molecule has 1 heterocycles. The first kappa shape index (κ1) is 18.7. The monoisotopic (exact) mass is 344 g/mol. The van der Waals surface area contributed by atoms with Crippen molar-refractivity contribution in [3.63, 3.8) is 0 Å². The van der Waals surface area contributed by atoms with Crippen LogP contribution in [0.1, 0.15) is 41.8 Å². The van der Waals surface area contributed by atoms with Gasteiger partial charge in [0.1, 0.15) is 12.3 Å². The summed E-state index contributed by atoms with van der Waals surface area (Å²) in [6.45, 7) is 5.32. The Kier molecular flexibility index (Phi) is 7.22. The van der Waals surface area contributed by atoms with Gasteiger partial charge in [-0.1, -0.05) is 31.2 Å². The first-order valence-electron chi connectivity index (χ1n) is 8.37. The SMILES string of the molecule is CCCOCc1ccccc1CNC(=O)C(C)NC(=O)c1ccoc1. The van der Waals surface area contributed by atoms with Crippen LogP contribution in [0, 0.1) is 0 Å². The highest BCUT2D eigenvalue weighted by atomic mass is 16.5. The summed E-state index contributed by atoms with van der Waals surface area (Å²) in [7, 11) is 0. The van der Waals surface area contributed by atoms with Gasteiger partial charge in [0, 0.05) is 13.2 Å². The molecular formula is C19H24N2O4. The van der Waals surface area contributed by atoms with Crippen LogP contribution in [0.4, 0.5) is 0 Å². The Balaban J connectivity index is 1.85. The van der Waals surface area contributed by atoms with Gasteiger partial charge in [-0.3, -0.25) is 9.59 Å². The third-order valence-corrected chi connectivity index (χ3v) is 3.70. The molecule has 0 aliphatic rings. The van der Waals surface area contributed by atoms with E-state index < -0.39 is 6.04 Å². The lowest BCUT2D eigenvalue weighted by atomic mass is 10.1. The second kappa shape index (κ2) is 9.64. The van der Waals surface area contributed by atoms with E-state index in [-0.39, 0.29) is 11.8 Å². The molecule has 0 fully saturated rings. The normalized spacial score (nSPS) is 11.8. The van der Waals surface area contributed by atoms with Crippen molar-refractivity contribution in [1.29, 1.82) is 0 Å². The summed E-state index contributed by atoms with van der Waals surface area (Å²) >= 11 is 0. The standard InChI is InChI=1S/C19H24N2O4/c1-3-9-24-12-16-7-5-4-6-15(16)11-20-18(22)14(2)21-19(23)17-8-10-25-13-17/h4-8,10,13-14H,3,9,11-12H2,1-2H3,(H,20,22)(H,21,23). The van der Waals surface area contributed by atoms with Crippen molar-refractivity contribution in [3.05, 3.63) is 59.5 Å². The summed E-state index contributed by atoms with van der Waals surface area (Å²) in [6.07, 6.45) is 3.72. The lowest BCUT2D eigenvalue weighted by Crippen LogP contribution is -2.44. The zero-order chi connectivity index (χ0) is 18.1. The average Bonchev–Trinajstić information content (AvgIpc) is 3.15. The zero-order valence-corrected chi connectivity index (χ0v) is 14.6. The molecule has 1 aromatic carbocycles. The smallest absolute Gasteiger partial charge is 0.255 e. The van der Waals surface area contributed by atoms with Crippen molar-refractivity contribution in [2.24, 2.45) is 0 Å². The van der Waals surface area contributed by atoms with Gasteiger partial charge in [-0.2, -0.15) is 0 Å². The Hall–Kier alpha value is -2.60. The first-order valence-corrected chi connectivity index (χ1v) is 8.37. The van der Waals surface area contributed by atoms with Gasteiger partial charge in [0.05, 0.1) is 18.4 Å². The molecule has 0 aliphatic heterocycles. The van der Waals surface area contributed by atoms with Crippen LogP contribution in [-0.4, -0.2) is 24.5 Å². The fourth-order valence-electron chi connectivity index (χ4n) is 2.27. The Morgan fingerprint density at radius 1 is 1.20 bits per heavy atom. The van der Waals surface area contributed by atoms with E-state index in [1.807, 2.05) is 24.3 Å². The van der Waals surface area contributed by atoms with Crippen molar-refractivity contribution in [1.82, 2.24) is 10.6 Å². The number of furan rings is 1. The van der Waals surface area contributed by atoms with Crippen molar-refractivity contribution in [2.45, 2.75) is 39.5 Å². The summed E-state index contributed by atoms with van der Waals surface area (Å²) in [5.41, 5.74) is 2.43. The minimum absolute atomic E-state index is 0.249. The largest absolute Gasteiger partial charge is 0.472 e. The second-order valence-corrected chi connectivity index (χ2v) is 5.75. The van der Waals surface area contributed by atoms with Crippen molar-refractivity contribution in [2.75, 3.05) is 6.61 Å². The number of ether oxygens (including phenoxy) is 1. The van der Waals surface area contributed by atoms with Gasteiger partial charge in [-0.25, -0.2) is 0 Å². The molecule has 134 valence electrons. The summed E-state index contributed by atoms with van der Waals surface area (Å²) in [6, 6.07) is 8.72. The van der Waals surface area contributed by atoms with Gasteiger partial charge in [-0.05, 0) is 30.5 Å². The molecule has 2 N–H and O–H groups in total. The van der Waals surface area contributed by atoms with E-state index in [1.165, 1.54) is 12.5 Å². The van der Waals surface area contributed by atoms with E-state index in [9.17, 15) is 9.59 Å². The molecular weight excluding hydrogens is 320 g/mol. The topological polar surface area (TPSA) is 80.6 Å². The summed E-state index contributed by atoms with van der Waals surface area (Å²) in [4.78, 5) is 24.1. The van der Waals surface area contributed by atoms with Crippen LogP contribution in [0.25, 0.3) is 0 Å². The van der Waals surface area contributed by atoms with E-state index in [0.717, 1.165) is 17.5 Å². The second-order valence-electron chi connectivity index (χ2n) is 5.75. The Morgan fingerprint density at radius 2 is 1.96 bits per heavy atom. The maximum atomic E-state index is 12.2. The third-order valence-electron chi connectivity index (χ3n) is 3.70. The summed E-state index contributed by atoms with van der Waals surface area (Å²) < 4.78 is 10.4. The third kappa shape index (κ3) is 5.76. The average molecular weight is 344 g/mol. The molecule has 1 atom stereocenters. The highest BCUT2D eigenvalue weighted by Gasteiger charge is 2.17. The van der Waals surface area contributed by atoms with E-state index in [2.05, 4.69) is 17.6 Å². The zero-order valence-electron chi connectivity index (χ0n) is 14.6. The van der Waals surface area contributed by atoms with Crippen LogP contribution < -0.4 is 10.6 Å². The van der Waals surface area contributed by atoms with Crippen LogP contribution in [0.15, 0.2) is 47.3 Å². The van der Waals surface area contributed by atoms with E-state index in [0.29, 0.717) is 25.3 Å². The fourth-order valence-corrected chi connectivity index (χ4v) is 2.27. The Bertz CT molecular complexity index is 682. The number of carbonyl (C=O) groups excluding carboxylic acids is 2. The highest BCUT2D eigenvalue weighted by Crippen LogP contribution is 2.10. The van der Waals surface area contributed by atoms with Gasteiger partial charge in [0.15, 0.2) is 0 Å². The van der Waals surface area contributed by atoms with Crippen molar-refractivity contribution >= 4 is 11.8 Å². The number of hydrogen-bond donors (Lipinski definition) is 2. The van der Waals surface area contributed by atoms with E-state index in [4.69, 9.17) is 9.15 Å². The molecule has 6 heteroatoms. The molecule has 1 unspecified atom stereocenters. The minimum Gasteiger partial charge on any atom is -0.472 e. The van der Waals surface area contributed by atoms with Crippen LogP contribution in [0.3, 0.4) is 0 Å². The number of amides is 2. The quantitative estimate of drug-likeness (QED) is 0.685. The molecule has 2 amide bonds. The molecule has 0 spiro atoms. The molecule has 0 saturated heterocycles. The van der Waals surface area contributed by atoms with E-state index in [1.54, 1.807) is 13.0 Å². The molecule has 0 radical (unpaired) electrons. The molecule has 0 aliphatic carbocycles. The molecule has 1 aromatic heterocycles. The predicted molar refractivity (Wildman–Crippen MR) is 93.9 cm³/mol. The van der Waals surface area contributed by atoms with Gasteiger partial charge in [0.25, 0.3) is 5.91 Å². The van der Waals surface area contributed by atoms with Gasteiger partial charge in [-0.15, -0.1) is 0 Å². The Morgan fingerprint density at radius 3 is 2.64 bits per heavy atom. The van der Waals surface area contributed by atoms with Crippen molar-refractivity contribution in [3.8, 4) is 0 Å². The maximum absolute atomic E-state index is 12.2. The van der Waals surface area contributed by atoms with Gasteiger partial charge >= 0.3 is 0 Å². The molecule has 2 aromatic rings. The number of carbonyl (C=O) groups is 2. The fraction of sp³-hybridized carbons (Fsp3) is 0.368. The predicted octanol–water partition coefficient (Wildman–Crippen LogP) is 2.64. The minimum atomic E-state index is -0.647. The van der Waals surface area contributed by atoms with Crippen molar-refractivity contribution < 1.29 is 18.7 Å². The number of rotatable bonds is 9. The first-order chi connectivity index (χ1) is 12.1. The van der Waals surface area contributed by atoms with Gasteiger partial charge in [0.2, 0.25) is 5.91 Å². The molecule has 25 heavy (non-hydrogen) atoms. The van der Waals surface area contributed by atoms with Crippen LogP contribution in [0.2, 0.25) is 0 Å². The molecule has 2 rings (SSSR count). The Labute approximate surface area is 147 Å².